The third-order valence-electron chi connectivity index (χ3n) is 2.35. The van der Waals surface area contributed by atoms with Crippen LogP contribution in [0.1, 0.15) is 5.56 Å². The van der Waals surface area contributed by atoms with Crippen LogP contribution in [0.5, 0.6) is 0 Å². The van der Waals surface area contributed by atoms with Crippen LogP contribution in [0.2, 0.25) is 0 Å². The van der Waals surface area contributed by atoms with E-state index in [9.17, 15) is 8.78 Å². The van der Waals surface area contributed by atoms with Crippen molar-refractivity contribution >= 4 is 43.8 Å². The van der Waals surface area contributed by atoms with E-state index in [0.29, 0.717) is 5.56 Å². The highest BCUT2D eigenvalue weighted by atomic mass is 79.9. The molecule has 19 heavy (non-hydrogen) atoms. The smallest absolute Gasteiger partial charge is 0.127 e. The average molecular weight is 409 g/mol. The minimum atomic E-state index is -0.438. The van der Waals surface area contributed by atoms with Crippen LogP contribution in [-0.4, -0.2) is 0 Å². The summed E-state index contributed by atoms with van der Waals surface area (Å²) in [5, 5.41) is 0. The molecule has 0 radical (unpaired) electrons. The summed E-state index contributed by atoms with van der Waals surface area (Å²) in [4.78, 5) is 0.964. The van der Waals surface area contributed by atoms with E-state index in [0.717, 1.165) is 26.0 Å². The van der Waals surface area contributed by atoms with Crippen molar-refractivity contribution in [2.24, 2.45) is 0 Å². The second kappa shape index (κ2) is 6.83. The molecular formula is C13H9Br2F2NS. The summed E-state index contributed by atoms with van der Waals surface area (Å²) in [6.45, 7) is 0.243. The normalized spacial score (nSPS) is 10.7. The van der Waals surface area contributed by atoms with Crippen LogP contribution in [-0.2, 0) is 6.54 Å². The lowest BCUT2D eigenvalue weighted by Crippen LogP contribution is -2.05. The number of rotatable bonds is 4. The van der Waals surface area contributed by atoms with Crippen molar-refractivity contribution in [2.75, 3.05) is 0 Å². The molecule has 100 valence electrons. The van der Waals surface area contributed by atoms with E-state index in [1.807, 2.05) is 18.2 Å². The van der Waals surface area contributed by atoms with Crippen LogP contribution in [0.4, 0.5) is 8.78 Å². The highest BCUT2D eigenvalue weighted by Crippen LogP contribution is 2.28. The molecule has 6 heteroatoms. The lowest BCUT2D eigenvalue weighted by atomic mass is 10.2. The maximum absolute atomic E-state index is 13.4. The maximum Gasteiger partial charge on any atom is 0.127 e. The summed E-state index contributed by atoms with van der Waals surface area (Å²) < 4.78 is 31.3. The zero-order chi connectivity index (χ0) is 13.8. The largest absolute Gasteiger partial charge is 0.255 e. The van der Waals surface area contributed by atoms with Gasteiger partial charge in [-0.25, -0.2) is 8.78 Å². The molecule has 0 spiro atoms. The molecule has 0 aliphatic rings. The maximum atomic E-state index is 13.4. The SMILES string of the molecule is Fc1ccc(F)c(CNSc2cc(Br)ccc2Br)c1. The molecule has 2 rings (SSSR count). The van der Waals surface area contributed by atoms with Crippen LogP contribution in [0.25, 0.3) is 0 Å². The Morgan fingerprint density at radius 1 is 1.05 bits per heavy atom. The predicted molar refractivity (Wildman–Crippen MR) is 80.9 cm³/mol. The Labute approximate surface area is 131 Å². The topological polar surface area (TPSA) is 12.0 Å². The Kier molecular flexibility index (Phi) is 5.38. The van der Waals surface area contributed by atoms with Crippen molar-refractivity contribution in [3.63, 3.8) is 0 Å². The first-order valence-electron chi connectivity index (χ1n) is 5.35. The van der Waals surface area contributed by atoms with Crippen LogP contribution < -0.4 is 4.72 Å². The molecular weight excluding hydrogens is 400 g/mol. The van der Waals surface area contributed by atoms with E-state index in [1.165, 1.54) is 18.0 Å². The van der Waals surface area contributed by atoms with Crippen LogP contribution >= 0.6 is 43.8 Å². The van der Waals surface area contributed by atoms with E-state index in [2.05, 4.69) is 36.6 Å². The van der Waals surface area contributed by atoms with Crippen LogP contribution in [0.3, 0.4) is 0 Å². The second-order valence-corrected chi connectivity index (χ2v) is 6.44. The average Bonchev–Trinajstić information content (AvgIpc) is 2.38. The van der Waals surface area contributed by atoms with E-state index < -0.39 is 11.6 Å². The molecule has 0 aliphatic carbocycles. The molecule has 0 aromatic heterocycles. The monoisotopic (exact) mass is 407 g/mol. The van der Waals surface area contributed by atoms with Crippen molar-refractivity contribution in [1.82, 2.24) is 4.72 Å². The molecule has 0 heterocycles. The van der Waals surface area contributed by atoms with Crippen molar-refractivity contribution in [1.29, 1.82) is 0 Å². The third-order valence-corrected chi connectivity index (χ3v) is 4.64. The summed E-state index contributed by atoms with van der Waals surface area (Å²) in [6.07, 6.45) is 0. The third kappa shape index (κ3) is 4.27. The van der Waals surface area contributed by atoms with Crippen molar-refractivity contribution in [3.05, 3.63) is 62.5 Å². The molecule has 1 N–H and O–H groups in total. The van der Waals surface area contributed by atoms with Crippen molar-refractivity contribution in [2.45, 2.75) is 11.4 Å². The van der Waals surface area contributed by atoms with Crippen LogP contribution in [0, 0.1) is 11.6 Å². The molecule has 0 unspecified atom stereocenters. The lowest BCUT2D eigenvalue weighted by Gasteiger charge is -2.07. The number of hydrogen-bond acceptors (Lipinski definition) is 2. The molecule has 0 bridgehead atoms. The van der Waals surface area contributed by atoms with Crippen LogP contribution in [0.15, 0.2) is 50.2 Å². The molecule has 0 saturated heterocycles. The molecule has 2 aromatic rings. The Hall–Kier alpha value is -0.430. The van der Waals surface area contributed by atoms with E-state index >= 15 is 0 Å². The lowest BCUT2D eigenvalue weighted by molar-refractivity contribution is 0.583. The zero-order valence-electron chi connectivity index (χ0n) is 9.59. The molecule has 0 saturated carbocycles. The molecule has 2 aromatic carbocycles. The number of benzene rings is 2. The van der Waals surface area contributed by atoms with Gasteiger partial charge in [0.1, 0.15) is 11.6 Å². The highest BCUT2D eigenvalue weighted by molar-refractivity contribution is 9.11. The van der Waals surface area contributed by atoms with E-state index in [4.69, 9.17) is 0 Å². The molecule has 0 aliphatic heterocycles. The molecule has 0 atom stereocenters. The van der Waals surface area contributed by atoms with Gasteiger partial charge in [-0.1, -0.05) is 15.9 Å². The van der Waals surface area contributed by atoms with Gasteiger partial charge in [0.25, 0.3) is 0 Å². The summed E-state index contributed by atoms with van der Waals surface area (Å²) in [5.74, 6) is -0.852. The summed E-state index contributed by atoms with van der Waals surface area (Å²) >= 11 is 8.16. The Morgan fingerprint density at radius 2 is 1.84 bits per heavy atom. The number of halogens is 4. The van der Waals surface area contributed by atoms with E-state index in [-0.39, 0.29) is 6.54 Å². The minimum Gasteiger partial charge on any atom is -0.255 e. The Bertz CT molecular complexity index is 541. The van der Waals surface area contributed by atoms with Gasteiger partial charge in [-0.2, -0.15) is 0 Å². The first-order chi connectivity index (χ1) is 9.06. The second-order valence-electron chi connectivity index (χ2n) is 3.73. The van der Waals surface area contributed by atoms with Gasteiger partial charge in [-0.05, 0) is 64.3 Å². The molecule has 0 fully saturated rings. The number of nitrogens with one attached hydrogen (secondary N) is 1. The number of hydrogen-bond donors (Lipinski definition) is 1. The van der Waals surface area contributed by atoms with Gasteiger partial charge in [-0.3, -0.25) is 4.72 Å². The quantitative estimate of drug-likeness (QED) is 0.690. The van der Waals surface area contributed by atoms with Gasteiger partial charge in [0.15, 0.2) is 0 Å². The summed E-state index contributed by atoms with van der Waals surface area (Å²) in [6, 6.07) is 9.20. The van der Waals surface area contributed by atoms with Gasteiger partial charge in [0.05, 0.1) is 0 Å². The fourth-order valence-electron chi connectivity index (χ4n) is 1.43. The van der Waals surface area contributed by atoms with Gasteiger partial charge in [0, 0.05) is 25.9 Å². The highest BCUT2D eigenvalue weighted by Gasteiger charge is 2.05. The van der Waals surface area contributed by atoms with E-state index in [1.54, 1.807) is 0 Å². The minimum absolute atomic E-state index is 0.243. The standard InChI is InChI=1S/C13H9Br2F2NS/c14-9-1-3-11(15)13(6-9)19-18-7-8-5-10(16)2-4-12(8)17/h1-6,18H,7H2. The summed E-state index contributed by atoms with van der Waals surface area (Å²) in [7, 11) is 0. The Balaban J connectivity index is 2.00. The summed E-state index contributed by atoms with van der Waals surface area (Å²) in [5.41, 5.74) is 0.304. The molecule has 0 amide bonds. The fraction of sp³-hybridized carbons (Fsp3) is 0.0769. The van der Waals surface area contributed by atoms with Gasteiger partial charge < -0.3 is 0 Å². The van der Waals surface area contributed by atoms with Gasteiger partial charge >= 0.3 is 0 Å². The van der Waals surface area contributed by atoms with Crippen molar-refractivity contribution < 1.29 is 8.78 Å². The van der Waals surface area contributed by atoms with Gasteiger partial charge in [0.2, 0.25) is 0 Å². The van der Waals surface area contributed by atoms with Crippen molar-refractivity contribution in [3.8, 4) is 0 Å². The first-order valence-corrected chi connectivity index (χ1v) is 7.75. The zero-order valence-corrected chi connectivity index (χ0v) is 13.6. The predicted octanol–water partition coefficient (Wildman–Crippen LogP) is 5.29. The first kappa shape index (κ1) is 15.0. The Morgan fingerprint density at radius 3 is 2.63 bits per heavy atom. The molecule has 1 nitrogen and oxygen atoms in total. The fourth-order valence-corrected chi connectivity index (χ4v) is 3.16. The van der Waals surface area contributed by atoms with Gasteiger partial charge in [-0.15, -0.1) is 0 Å².